The zero-order chi connectivity index (χ0) is 9.97. The maximum absolute atomic E-state index is 13.7. The van der Waals surface area contributed by atoms with Crippen LogP contribution in [0.3, 0.4) is 0 Å². The molecule has 0 amide bonds. The van der Waals surface area contributed by atoms with Gasteiger partial charge in [0, 0.05) is 0 Å². The van der Waals surface area contributed by atoms with E-state index in [9.17, 15) is 4.39 Å². The zero-order valence-electron chi connectivity index (χ0n) is 7.79. The van der Waals surface area contributed by atoms with Gasteiger partial charge in [-0.05, 0) is 18.1 Å². The van der Waals surface area contributed by atoms with Crippen LogP contribution in [-0.4, -0.2) is 15.2 Å². The lowest BCUT2D eigenvalue weighted by Gasteiger charge is -2.03. The smallest absolute Gasteiger partial charge is 0.158 e. The average Bonchev–Trinajstić information content (AvgIpc) is 2.71. The molecule has 0 atom stereocenters. The van der Waals surface area contributed by atoms with E-state index in [0.29, 0.717) is 23.4 Å². The molecule has 0 aliphatic heterocycles. The third-order valence-corrected chi connectivity index (χ3v) is 2.13. The molecule has 1 heterocycles. The largest absolute Gasteiger partial charge is 0.259 e. The van der Waals surface area contributed by atoms with E-state index < -0.39 is 0 Å². The highest BCUT2D eigenvalue weighted by atomic mass is 19.1. The van der Waals surface area contributed by atoms with Gasteiger partial charge in [0.25, 0.3) is 0 Å². The highest BCUT2D eigenvalue weighted by molar-refractivity contribution is 5.56. The maximum atomic E-state index is 13.7. The van der Waals surface area contributed by atoms with Gasteiger partial charge >= 0.3 is 0 Å². The molecule has 1 aromatic carbocycles. The molecule has 0 unspecified atom stereocenters. The molecule has 3 nitrogen and oxygen atoms in total. The fraction of sp³-hybridized carbons (Fsp3) is 0.200. The fourth-order valence-corrected chi connectivity index (χ4v) is 1.37. The number of aromatic nitrogens is 3. The van der Waals surface area contributed by atoms with E-state index in [2.05, 4.69) is 15.2 Å². The molecular formula is C10H10FN3. The van der Waals surface area contributed by atoms with Gasteiger partial charge in [0.2, 0.25) is 0 Å². The van der Waals surface area contributed by atoms with Crippen molar-refractivity contribution in [2.24, 2.45) is 0 Å². The molecular weight excluding hydrogens is 181 g/mol. The highest BCUT2D eigenvalue weighted by Gasteiger charge is 2.10. The topological polar surface area (TPSA) is 41.6 Å². The summed E-state index contributed by atoms with van der Waals surface area (Å²) in [5, 5.41) is 6.34. The quantitative estimate of drug-likeness (QED) is 0.790. The Morgan fingerprint density at radius 1 is 1.43 bits per heavy atom. The summed E-state index contributed by atoms with van der Waals surface area (Å²) in [7, 11) is 0. The predicted molar refractivity (Wildman–Crippen MR) is 51.2 cm³/mol. The van der Waals surface area contributed by atoms with Crippen molar-refractivity contribution in [3.8, 4) is 11.4 Å². The number of aromatic amines is 1. The van der Waals surface area contributed by atoms with Crippen molar-refractivity contribution in [3.05, 3.63) is 35.9 Å². The zero-order valence-corrected chi connectivity index (χ0v) is 7.79. The highest BCUT2D eigenvalue weighted by Crippen LogP contribution is 2.21. The average molecular weight is 191 g/mol. The van der Waals surface area contributed by atoms with E-state index >= 15 is 0 Å². The Hall–Kier alpha value is -1.71. The minimum atomic E-state index is -0.216. The SMILES string of the molecule is CCc1cccc(-c2ncn[nH]2)c1F. The van der Waals surface area contributed by atoms with Crippen LogP contribution in [0.1, 0.15) is 12.5 Å². The van der Waals surface area contributed by atoms with Crippen molar-refractivity contribution in [2.45, 2.75) is 13.3 Å². The lowest BCUT2D eigenvalue weighted by atomic mass is 10.1. The van der Waals surface area contributed by atoms with E-state index in [1.165, 1.54) is 6.33 Å². The minimum absolute atomic E-state index is 0.216. The first-order valence-electron chi connectivity index (χ1n) is 4.46. The van der Waals surface area contributed by atoms with Gasteiger partial charge in [-0.2, -0.15) is 5.10 Å². The normalized spacial score (nSPS) is 10.4. The van der Waals surface area contributed by atoms with Crippen LogP contribution in [0, 0.1) is 5.82 Å². The van der Waals surface area contributed by atoms with Gasteiger partial charge in [-0.1, -0.05) is 19.1 Å². The molecule has 0 saturated heterocycles. The standard InChI is InChI=1S/C10H10FN3/c1-2-7-4-3-5-8(9(7)11)10-12-6-13-14-10/h3-6H,2H2,1H3,(H,12,13,14). The van der Waals surface area contributed by atoms with Crippen LogP contribution in [0.4, 0.5) is 4.39 Å². The first kappa shape index (κ1) is 8.87. The van der Waals surface area contributed by atoms with Crippen LogP contribution >= 0.6 is 0 Å². The Bertz CT molecular complexity index is 423. The molecule has 1 aromatic heterocycles. The Labute approximate surface area is 81.0 Å². The predicted octanol–water partition coefficient (Wildman–Crippen LogP) is 2.17. The van der Waals surface area contributed by atoms with Crippen LogP contribution in [0.15, 0.2) is 24.5 Å². The number of benzene rings is 1. The van der Waals surface area contributed by atoms with Crippen molar-refractivity contribution in [1.29, 1.82) is 0 Å². The van der Waals surface area contributed by atoms with Crippen LogP contribution in [0.5, 0.6) is 0 Å². The summed E-state index contributed by atoms with van der Waals surface area (Å²) in [5.74, 6) is 0.254. The van der Waals surface area contributed by atoms with E-state index in [1.807, 2.05) is 13.0 Å². The van der Waals surface area contributed by atoms with Crippen LogP contribution < -0.4 is 0 Å². The van der Waals surface area contributed by atoms with Gasteiger partial charge in [-0.3, -0.25) is 5.10 Å². The van der Waals surface area contributed by atoms with E-state index in [-0.39, 0.29) is 5.82 Å². The van der Waals surface area contributed by atoms with Gasteiger partial charge in [0.05, 0.1) is 5.56 Å². The van der Waals surface area contributed by atoms with Crippen molar-refractivity contribution < 1.29 is 4.39 Å². The van der Waals surface area contributed by atoms with Crippen LogP contribution in [-0.2, 0) is 6.42 Å². The summed E-state index contributed by atoms with van der Waals surface area (Å²) < 4.78 is 13.7. The van der Waals surface area contributed by atoms with Gasteiger partial charge in [-0.15, -0.1) is 0 Å². The monoisotopic (exact) mass is 191 g/mol. The third-order valence-electron chi connectivity index (χ3n) is 2.13. The second-order valence-electron chi connectivity index (χ2n) is 2.97. The second kappa shape index (κ2) is 3.57. The summed E-state index contributed by atoms with van der Waals surface area (Å²) in [6.45, 7) is 1.92. The number of rotatable bonds is 2. The molecule has 14 heavy (non-hydrogen) atoms. The summed E-state index contributed by atoms with van der Waals surface area (Å²) in [5.41, 5.74) is 1.17. The Morgan fingerprint density at radius 3 is 2.93 bits per heavy atom. The molecule has 0 aliphatic rings. The van der Waals surface area contributed by atoms with Crippen molar-refractivity contribution in [2.75, 3.05) is 0 Å². The molecule has 0 bridgehead atoms. The number of hydrogen-bond acceptors (Lipinski definition) is 2. The summed E-state index contributed by atoms with van der Waals surface area (Å²) >= 11 is 0. The van der Waals surface area contributed by atoms with Crippen LogP contribution in [0.2, 0.25) is 0 Å². The molecule has 72 valence electrons. The van der Waals surface area contributed by atoms with Gasteiger partial charge in [0.1, 0.15) is 12.1 Å². The third kappa shape index (κ3) is 1.39. The van der Waals surface area contributed by atoms with E-state index in [4.69, 9.17) is 0 Å². The summed E-state index contributed by atoms with van der Waals surface area (Å²) in [6, 6.07) is 5.28. The van der Waals surface area contributed by atoms with E-state index in [1.54, 1.807) is 12.1 Å². The number of nitrogens with one attached hydrogen (secondary N) is 1. The fourth-order valence-electron chi connectivity index (χ4n) is 1.37. The number of aryl methyl sites for hydroxylation is 1. The van der Waals surface area contributed by atoms with Gasteiger partial charge in [-0.25, -0.2) is 9.37 Å². The number of nitrogens with zero attached hydrogens (tertiary/aromatic N) is 2. The van der Waals surface area contributed by atoms with Gasteiger partial charge < -0.3 is 0 Å². The van der Waals surface area contributed by atoms with Gasteiger partial charge in [0.15, 0.2) is 5.82 Å². The first-order valence-corrected chi connectivity index (χ1v) is 4.46. The summed E-state index contributed by atoms with van der Waals surface area (Å²) in [6.07, 6.45) is 2.04. The number of hydrogen-bond donors (Lipinski definition) is 1. The first-order chi connectivity index (χ1) is 6.83. The van der Waals surface area contributed by atoms with E-state index in [0.717, 1.165) is 0 Å². The molecule has 1 N–H and O–H groups in total. The lowest BCUT2D eigenvalue weighted by molar-refractivity contribution is 0.614. The summed E-state index contributed by atoms with van der Waals surface area (Å²) in [4.78, 5) is 3.92. The molecule has 0 aliphatic carbocycles. The Kier molecular flexibility index (Phi) is 2.26. The Morgan fingerprint density at radius 2 is 2.29 bits per heavy atom. The number of halogens is 1. The molecule has 0 fully saturated rings. The lowest BCUT2D eigenvalue weighted by Crippen LogP contribution is -1.92. The Balaban J connectivity index is 2.54. The molecule has 2 aromatic rings. The maximum Gasteiger partial charge on any atom is 0.158 e. The second-order valence-corrected chi connectivity index (χ2v) is 2.97. The molecule has 0 saturated carbocycles. The molecule has 4 heteroatoms. The van der Waals surface area contributed by atoms with Crippen molar-refractivity contribution >= 4 is 0 Å². The van der Waals surface area contributed by atoms with Crippen LogP contribution in [0.25, 0.3) is 11.4 Å². The molecule has 2 rings (SSSR count). The minimum Gasteiger partial charge on any atom is -0.259 e. The van der Waals surface area contributed by atoms with Crippen molar-refractivity contribution in [1.82, 2.24) is 15.2 Å². The molecule has 0 radical (unpaired) electrons. The van der Waals surface area contributed by atoms with Crippen molar-refractivity contribution in [3.63, 3.8) is 0 Å². The number of H-pyrrole nitrogens is 1. The molecule has 0 spiro atoms.